The molecule has 1 N–H and O–H groups in total. The maximum atomic E-state index is 11.3. The third-order valence-electron chi connectivity index (χ3n) is 2.83. The molecule has 0 unspecified atom stereocenters. The van der Waals surface area contributed by atoms with Crippen molar-refractivity contribution in [3.8, 4) is 0 Å². The van der Waals surface area contributed by atoms with E-state index in [4.69, 9.17) is 0 Å². The standard InChI is InChI=1S/C8H13NO4/c1-8(4-5-9(12)13)6(10)2-3-7(8)11/h6,10H,2-5H2,1H3/t6-,8+/m1/s1. The Morgan fingerprint density at radius 3 is 2.77 bits per heavy atom. The zero-order valence-electron chi connectivity index (χ0n) is 7.52. The van der Waals surface area contributed by atoms with E-state index in [1.165, 1.54) is 0 Å². The fourth-order valence-corrected chi connectivity index (χ4v) is 1.69. The van der Waals surface area contributed by atoms with E-state index < -0.39 is 16.4 Å². The summed E-state index contributed by atoms with van der Waals surface area (Å²) >= 11 is 0. The SMILES string of the molecule is C[C@@]1(CC[N+](=O)[O-])C(=O)CC[C@H]1O. The van der Waals surface area contributed by atoms with Crippen LogP contribution in [0.3, 0.4) is 0 Å². The lowest BCUT2D eigenvalue weighted by Gasteiger charge is -2.24. The number of nitrogens with zero attached hydrogens (tertiary/aromatic N) is 1. The number of nitro groups is 1. The molecule has 0 aliphatic heterocycles. The van der Waals surface area contributed by atoms with Gasteiger partial charge in [-0.05, 0) is 13.3 Å². The average Bonchev–Trinajstić information content (AvgIpc) is 2.31. The second-order valence-electron chi connectivity index (χ2n) is 3.70. The smallest absolute Gasteiger partial charge is 0.204 e. The Hall–Kier alpha value is -0.970. The highest BCUT2D eigenvalue weighted by atomic mass is 16.6. The van der Waals surface area contributed by atoms with Gasteiger partial charge in [0.2, 0.25) is 6.54 Å². The molecule has 0 heterocycles. The summed E-state index contributed by atoms with van der Waals surface area (Å²) in [6.07, 6.45) is 0.211. The summed E-state index contributed by atoms with van der Waals surface area (Å²) in [5.74, 6) is -0.0538. The molecule has 74 valence electrons. The minimum Gasteiger partial charge on any atom is -0.392 e. The van der Waals surface area contributed by atoms with Crippen LogP contribution in [0.1, 0.15) is 26.2 Å². The molecule has 0 bridgehead atoms. The molecule has 0 aromatic rings. The fourth-order valence-electron chi connectivity index (χ4n) is 1.69. The number of ketones is 1. The Balaban J connectivity index is 2.62. The van der Waals surface area contributed by atoms with Gasteiger partial charge in [-0.2, -0.15) is 0 Å². The topological polar surface area (TPSA) is 80.4 Å². The van der Waals surface area contributed by atoms with Crippen molar-refractivity contribution in [2.75, 3.05) is 6.54 Å². The van der Waals surface area contributed by atoms with Crippen LogP contribution in [0.2, 0.25) is 0 Å². The number of hydrogen-bond donors (Lipinski definition) is 1. The lowest BCUT2D eigenvalue weighted by molar-refractivity contribution is -0.482. The lowest BCUT2D eigenvalue weighted by atomic mass is 9.82. The van der Waals surface area contributed by atoms with Crippen molar-refractivity contribution in [2.45, 2.75) is 32.3 Å². The number of hydrogen-bond acceptors (Lipinski definition) is 4. The molecule has 1 rings (SSSR count). The Morgan fingerprint density at radius 2 is 2.38 bits per heavy atom. The highest BCUT2D eigenvalue weighted by Gasteiger charge is 2.45. The molecule has 1 aliphatic carbocycles. The van der Waals surface area contributed by atoms with Crippen LogP contribution >= 0.6 is 0 Å². The van der Waals surface area contributed by atoms with Gasteiger partial charge in [0, 0.05) is 17.8 Å². The van der Waals surface area contributed by atoms with Gasteiger partial charge in [-0.1, -0.05) is 0 Å². The number of carbonyl (C=O) groups is 1. The number of carbonyl (C=O) groups excluding carboxylic acids is 1. The molecule has 0 aromatic heterocycles. The average molecular weight is 187 g/mol. The van der Waals surface area contributed by atoms with Gasteiger partial charge in [0.1, 0.15) is 5.78 Å². The third-order valence-corrected chi connectivity index (χ3v) is 2.83. The van der Waals surface area contributed by atoms with Crippen LogP contribution in [-0.4, -0.2) is 28.5 Å². The first-order chi connectivity index (χ1) is 5.97. The molecule has 0 saturated heterocycles. The van der Waals surface area contributed by atoms with Crippen LogP contribution in [0.25, 0.3) is 0 Å². The Bertz CT molecular complexity index is 240. The molecule has 5 nitrogen and oxygen atoms in total. The van der Waals surface area contributed by atoms with Crippen molar-refractivity contribution in [3.63, 3.8) is 0 Å². The second-order valence-corrected chi connectivity index (χ2v) is 3.70. The molecule has 5 heteroatoms. The number of rotatable bonds is 3. The normalized spacial score (nSPS) is 33.7. The number of aliphatic hydroxyl groups excluding tert-OH is 1. The summed E-state index contributed by atoms with van der Waals surface area (Å²) in [4.78, 5) is 21.0. The molecular formula is C8H13NO4. The first kappa shape index (κ1) is 10.1. The van der Waals surface area contributed by atoms with Crippen LogP contribution in [0.5, 0.6) is 0 Å². The number of aliphatic hydroxyl groups is 1. The van der Waals surface area contributed by atoms with Gasteiger partial charge in [0.05, 0.1) is 11.5 Å². The van der Waals surface area contributed by atoms with E-state index in [1.807, 2.05) is 0 Å². The lowest BCUT2D eigenvalue weighted by Crippen LogP contribution is -2.34. The van der Waals surface area contributed by atoms with Crippen molar-refractivity contribution < 1.29 is 14.8 Å². The van der Waals surface area contributed by atoms with E-state index in [0.29, 0.717) is 12.8 Å². The van der Waals surface area contributed by atoms with Gasteiger partial charge in [-0.15, -0.1) is 0 Å². The van der Waals surface area contributed by atoms with Crippen molar-refractivity contribution in [1.82, 2.24) is 0 Å². The molecule has 0 amide bonds. The maximum absolute atomic E-state index is 11.3. The molecule has 2 atom stereocenters. The molecular weight excluding hydrogens is 174 g/mol. The predicted molar refractivity (Wildman–Crippen MR) is 44.8 cm³/mol. The highest BCUT2D eigenvalue weighted by molar-refractivity contribution is 5.87. The maximum Gasteiger partial charge on any atom is 0.204 e. The van der Waals surface area contributed by atoms with Crippen molar-refractivity contribution in [1.29, 1.82) is 0 Å². The Kier molecular flexibility index (Phi) is 2.66. The Morgan fingerprint density at radius 1 is 1.77 bits per heavy atom. The van der Waals surface area contributed by atoms with E-state index >= 15 is 0 Å². The van der Waals surface area contributed by atoms with E-state index in [-0.39, 0.29) is 18.7 Å². The minimum absolute atomic E-state index is 0.0538. The van der Waals surface area contributed by atoms with Crippen LogP contribution in [0.4, 0.5) is 0 Å². The quantitative estimate of drug-likeness (QED) is 0.511. The van der Waals surface area contributed by atoms with Gasteiger partial charge in [-0.3, -0.25) is 14.9 Å². The zero-order valence-corrected chi connectivity index (χ0v) is 7.52. The van der Waals surface area contributed by atoms with Crippen molar-refractivity contribution in [2.24, 2.45) is 5.41 Å². The first-order valence-electron chi connectivity index (χ1n) is 4.30. The molecule has 0 spiro atoms. The van der Waals surface area contributed by atoms with Crippen molar-refractivity contribution >= 4 is 5.78 Å². The van der Waals surface area contributed by atoms with Crippen LogP contribution < -0.4 is 0 Å². The highest BCUT2D eigenvalue weighted by Crippen LogP contribution is 2.37. The molecule has 0 aromatic carbocycles. The third kappa shape index (κ3) is 1.85. The monoisotopic (exact) mass is 187 g/mol. The van der Waals surface area contributed by atoms with Crippen LogP contribution in [0.15, 0.2) is 0 Å². The molecule has 13 heavy (non-hydrogen) atoms. The van der Waals surface area contributed by atoms with Crippen molar-refractivity contribution in [3.05, 3.63) is 10.1 Å². The van der Waals surface area contributed by atoms with Gasteiger partial charge in [0.25, 0.3) is 0 Å². The van der Waals surface area contributed by atoms with E-state index in [1.54, 1.807) is 6.92 Å². The fraction of sp³-hybridized carbons (Fsp3) is 0.875. The second kappa shape index (κ2) is 3.41. The summed E-state index contributed by atoms with van der Waals surface area (Å²) in [5.41, 5.74) is -0.882. The predicted octanol–water partition coefficient (Wildman–Crippen LogP) is 0.383. The first-order valence-corrected chi connectivity index (χ1v) is 4.30. The largest absolute Gasteiger partial charge is 0.392 e. The summed E-state index contributed by atoms with van der Waals surface area (Å²) < 4.78 is 0. The van der Waals surface area contributed by atoms with E-state index in [9.17, 15) is 20.0 Å². The summed E-state index contributed by atoms with van der Waals surface area (Å²) in [5, 5.41) is 19.6. The molecule has 1 fully saturated rings. The minimum atomic E-state index is -0.882. The van der Waals surface area contributed by atoms with Gasteiger partial charge in [0.15, 0.2) is 0 Å². The van der Waals surface area contributed by atoms with E-state index in [2.05, 4.69) is 0 Å². The zero-order chi connectivity index (χ0) is 10.1. The van der Waals surface area contributed by atoms with Crippen LogP contribution in [0, 0.1) is 15.5 Å². The summed E-state index contributed by atoms with van der Waals surface area (Å²) in [7, 11) is 0. The Labute approximate surface area is 75.9 Å². The van der Waals surface area contributed by atoms with Gasteiger partial charge in [-0.25, -0.2) is 0 Å². The molecule has 1 aliphatic rings. The molecule has 0 radical (unpaired) electrons. The summed E-state index contributed by atoms with van der Waals surface area (Å²) in [6, 6.07) is 0. The summed E-state index contributed by atoms with van der Waals surface area (Å²) in [6.45, 7) is 1.36. The van der Waals surface area contributed by atoms with Crippen LogP contribution in [-0.2, 0) is 4.79 Å². The number of Topliss-reactive ketones (excluding diaryl/α,β-unsaturated/α-hetero) is 1. The van der Waals surface area contributed by atoms with Gasteiger partial charge >= 0.3 is 0 Å². The molecule has 1 saturated carbocycles. The van der Waals surface area contributed by atoms with Gasteiger partial charge < -0.3 is 5.11 Å². The van der Waals surface area contributed by atoms with E-state index in [0.717, 1.165) is 0 Å².